The molecule has 1 aromatic heterocycles. The second-order valence-corrected chi connectivity index (χ2v) is 7.19. The molecule has 0 bridgehead atoms. The summed E-state index contributed by atoms with van der Waals surface area (Å²) in [6.07, 6.45) is 6.32. The van der Waals surface area contributed by atoms with Crippen molar-refractivity contribution < 1.29 is 14.3 Å². The van der Waals surface area contributed by atoms with Crippen molar-refractivity contribution in [1.82, 2.24) is 20.2 Å². The molecule has 3 fully saturated rings. The van der Waals surface area contributed by atoms with Gasteiger partial charge in [-0.25, -0.2) is 9.97 Å². The van der Waals surface area contributed by atoms with Crippen LogP contribution >= 0.6 is 0 Å². The first-order chi connectivity index (χ1) is 12.7. The highest BCUT2D eigenvalue weighted by atomic mass is 16.5. The fourth-order valence-electron chi connectivity index (χ4n) is 3.72. The molecule has 2 saturated heterocycles. The zero-order valence-electron chi connectivity index (χ0n) is 14.8. The Labute approximate surface area is 152 Å². The summed E-state index contributed by atoms with van der Waals surface area (Å²) in [6.45, 7) is 4.09. The highest BCUT2D eigenvalue weighted by Crippen LogP contribution is 2.40. The predicted octanol–water partition coefficient (Wildman–Crippen LogP) is 0.0565. The predicted molar refractivity (Wildman–Crippen MR) is 94.4 cm³/mol. The van der Waals surface area contributed by atoms with E-state index in [9.17, 15) is 9.59 Å². The lowest BCUT2D eigenvalue weighted by Gasteiger charge is -2.34. The van der Waals surface area contributed by atoms with Gasteiger partial charge in [0.1, 0.15) is 0 Å². The smallest absolute Gasteiger partial charge is 0.226 e. The summed E-state index contributed by atoms with van der Waals surface area (Å²) in [5, 5.41) is 2.94. The van der Waals surface area contributed by atoms with Crippen LogP contribution in [0.15, 0.2) is 18.5 Å². The van der Waals surface area contributed by atoms with Crippen LogP contribution in [0.25, 0.3) is 0 Å². The van der Waals surface area contributed by atoms with Crippen molar-refractivity contribution in [3.63, 3.8) is 0 Å². The first-order valence-electron chi connectivity index (χ1n) is 9.42. The molecule has 0 aromatic carbocycles. The van der Waals surface area contributed by atoms with Crippen LogP contribution in [0, 0.1) is 11.8 Å². The number of piperazine rings is 1. The molecule has 0 radical (unpaired) electrons. The molecule has 8 heteroatoms. The number of nitrogens with zero attached hydrogens (tertiary/aromatic N) is 4. The molecule has 1 aliphatic carbocycles. The van der Waals surface area contributed by atoms with Gasteiger partial charge in [0.2, 0.25) is 17.8 Å². The van der Waals surface area contributed by atoms with Crippen molar-refractivity contribution >= 4 is 17.8 Å². The van der Waals surface area contributed by atoms with Crippen LogP contribution in [-0.2, 0) is 14.3 Å². The maximum absolute atomic E-state index is 12.7. The van der Waals surface area contributed by atoms with Crippen LogP contribution in [0.2, 0.25) is 0 Å². The number of carbonyl (C=O) groups excluding carboxylic acids is 2. The Bertz CT molecular complexity index is 641. The van der Waals surface area contributed by atoms with Crippen LogP contribution in [0.5, 0.6) is 0 Å². The van der Waals surface area contributed by atoms with Crippen LogP contribution in [-0.4, -0.2) is 72.1 Å². The van der Waals surface area contributed by atoms with Gasteiger partial charge in [-0.15, -0.1) is 0 Å². The lowest BCUT2D eigenvalue weighted by atomic mass is 10.2. The number of hydrogen-bond acceptors (Lipinski definition) is 6. The zero-order valence-corrected chi connectivity index (χ0v) is 14.8. The summed E-state index contributed by atoms with van der Waals surface area (Å²) >= 11 is 0. The quantitative estimate of drug-likeness (QED) is 0.800. The molecule has 2 aliphatic heterocycles. The molecule has 3 atom stereocenters. The number of carbonyl (C=O) groups is 2. The van der Waals surface area contributed by atoms with E-state index < -0.39 is 0 Å². The summed E-state index contributed by atoms with van der Waals surface area (Å²) in [5.41, 5.74) is 0. The molecule has 3 unspecified atom stereocenters. The fourth-order valence-corrected chi connectivity index (χ4v) is 3.72. The summed E-state index contributed by atoms with van der Waals surface area (Å²) in [5.74, 6) is 0.488. The molecular formula is C18H25N5O3. The fraction of sp³-hybridized carbons (Fsp3) is 0.667. The van der Waals surface area contributed by atoms with Gasteiger partial charge in [-0.1, -0.05) is 0 Å². The Morgan fingerprint density at radius 2 is 1.92 bits per heavy atom. The van der Waals surface area contributed by atoms with Crippen molar-refractivity contribution in [1.29, 1.82) is 0 Å². The molecule has 3 aliphatic rings. The van der Waals surface area contributed by atoms with Gasteiger partial charge >= 0.3 is 0 Å². The zero-order chi connectivity index (χ0) is 17.9. The maximum Gasteiger partial charge on any atom is 0.226 e. The van der Waals surface area contributed by atoms with Crippen molar-refractivity contribution in [2.45, 2.75) is 25.4 Å². The Kier molecular flexibility index (Phi) is 5.01. The van der Waals surface area contributed by atoms with Gasteiger partial charge in [0.05, 0.1) is 17.9 Å². The molecule has 1 aromatic rings. The number of amides is 2. The molecule has 140 valence electrons. The molecular weight excluding hydrogens is 334 g/mol. The Hall–Kier alpha value is -2.22. The molecule has 0 spiro atoms. The molecule has 3 heterocycles. The Morgan fingerprint density at radius 3 is 2.62 bits per heavy atom. The Morgan fingerprint density at radius 1 is 1.15 bits per heavy atom. The SMILES string of the molecule is O=C(NCC1CCCO1)C1CC1C(=O)N1CCN(c2ncccn2)CC1. The average Bonchev–Trinajstić information content (AvgIpc) is 3.33. The minimum absolute atomic E-state index is 0.00447. The van der Waals surface area contributed by atoms with Gasteiger partial charge < -0.3 is 19.9 Å². The topological polar surface area (TPSA) is 87.7 Å². The second kappa shape index (κ2) is 7.57. The van der Waals surface area contributed by atoms with Crippen molar-refractivity contribution in [2.75, 3.05) is 44.2 Å². The van der Waals surface area contributed by atoms with Gasteiger partial charge in [0, 0.05) is 51.7 Å². The number of nitrogens with one attached hydrogen (secondary N) is 1. The summed E-state index contributed by atoms with van der Waals surface area (Å²) in [6, 6.07) is 1.79. The third-order valence-corrected chi connectivity index (χ3v) is 5.40. The Balaban J connectivity index is 1.21. The third-order valence-electron chi connectivity index (χ3n) is 5.40. The second-order valence-electron chi connectivity index (χ2n) is 7.19. The van der Waals surface area contributed by atoms with Gasteiger partial charge in [-0.3, -0.25) is 9.59 Å². The third kappa shape index (κ3) is 3.80. The lowest BCUT2D eigenvalue weighted by Crippen LogP contribution is -2.50. The van der Waals surface area contributed by atoms with Gasteiger partial charge in [0.25, 0.3) is 0 Å². The first-order valence-corrected chi connectivity index (χ1v) is 9.42. The van der Waals surface area contributed by atoms with Crippen LogP contribution in [0.4, 0.5) is 5.95 Å². The largest absolute Gasteiger partial charge is 0.376 e. The number of aromatic nitrogens is 2. The molecule has 26 heavy (non-hydrogen) atoms. The van der Waals surface area contributed by atoms with Crippen LogP contribution < -0.4 is 10.2 Å². The summed E-state index contributed by atoms with van der Waals surface area (Å²) in [4.78, 5) is 37.4. The van der Waals surface area contributed by atoms with Crippen molar-refractivity contribution in [3.05, 3.63) is 18.5 Å². The molecule has 1 saturated carbocycles. The highest BCUT2D eigenvalue weighted by Gasteiger charge is 2.49. The van der Waals surface area contributed by atoms with E-state index >= 15 is 0 Å². The standard InChI is InChI=1S/C18H25N5O3/c24-16(21-12-13-3-1-10-26-13)14-11-15(14)17(25)22-6-8-23(9-7-22)18-19-4-2-5-20-18/h2,4-5,13-15H,1,3,6-12H2,(H,21,24). The number of anilines is 1. The molecule has 1 N–H and O–H groups in total. The average molecular weight is 359 g/mol. The van der Waals surface area contributed by atoms with Gasteiger partial charge in [-0.2, -0.15) is 0 Å². The van der Waals surface area contributed by atoms with E-state index in [-0.39, 0.29) is 29.8 Å². The molecule has 8 nitrogen and oxygen atoms in total. The van der Waals surface area contributed by atoms with Crippen molar-refractivity contribution in [3.8, 4) is 0 Å². The van der Waals surface area contributed by atoms with E-state index in [1.54, 1.807) is 18.5 Å². The van der Waals surface area contributed by atoms with Crippen molar-refractivity contribution in [2.24, 2.45) is 11.8 Å². The van der Waals surface area contributed by atoms with Crippen LogP contribution in [0.1, 0.15) is 19.3 Å². The number of rotatable bonds is 5. The van der Waals surface area contributed by atoms with E-state index in [1.165, 1.54) is 0 Å². The number of hydrogen-bond donors (Lipinski definition) is 1. The van der Waals surface area contributed by atoms with Gasteiger partial charge in [0.15, 0.2) is 0 Å². The monoisotopic (exact) mass is 359 g/mol. The normalized spacial score (nSPS) is 28.1. The summed E-state index contributed by atoms with van der Waals surface area (Å²) in [7, 11) is 0. The van der Waals surface area contributed by atoms with E-state index in [0.29, 0.717) is 32.0 Å². The maximum atomic E-state index is 12.7. The molecule has 2 amide bonds. The number of ether oxygens (including phenoxy) is 1. The van der Waals surface area contributed by atoms with E-state index in [2.05, 4.69) is 20.2 Å². The lowest BCUT2D eigenvalue weighted by molar-refractivity contribution is -0.135. The van der Waals surface area contributed by atoms with E-state index in [0.717, 1.165) is 32.5 Å². The van der Waals surface area contributed by atoms with E-state index in [4.69, 9.17) is 4.74 Å². The highest BCUT2D eigenvalue weighted by molar-refractivity contribution is 5.92. The van der Waals surface area contributed by atoms with E-state index in [1.807, 2.05) is 4.90 Å². The molecule has 4 rings (SSSR count). The first kappa shape index (κ1) is 17.2. The minimum Gasteiger partial charge on any atom is -0.376 e. The van der Waals surface area contributed by atoms with Gasteiger partial charge in [-0.05, 0) is 25.3 Å². The minimum atomic E-state index is -0.167. The van der Waals surface area contributed by atoms with Crippen LogP contribution in [0.3, 0.4) is 0 Å². The summed E-state index contributed by atoms with van der Waals surface area (Å²) < 4.78 is 5.51.